The summed E-state index contributed by atoms with van der Waals surface area (Å²) in [7, 11) is 2.28. The van der Waals surface area contributed by atoms with Crippen molar-refractivity contribution in [3.05, 3.63) is 30.3 Å². The molecule has 0 saturated carbocycles. The molecular formula is C20H35N. The predicted octanol–water partition coefficient (Wildman–Crippen LogP) is 6.43. The van der Waals surface area contributed by atoms with Crippen molar-refractivity contribution in [2.75, 3.05) is 11.9 Å². The molecule has 0 amide bonds. The molecule has 1 heteroatoms. The Morgan fingerprint density at radius 1 is 0.810 bits per heavy atom. The smallest absolute Gasteiger partial charge is 0.0371 e. The number of para-hydroxylation sites is 1. The maximum atomic E-state index is 2.52. The van der Waals surface area contributed by atoms with E-state index in [1.165, 1.54) is 63.5 Å². The molecule has 1 aromatic rings. The zero-order chi connectivity index (χ0) is 15.6. The number of hydrogen-bond acceptors (Lipinski definition) is 1. The summed E-state index contributed by atoms with van der Waals surface area (Å²) in [5, 5.41) is 0. The van der Waals surface area contributed by atoms with E-state index in [4.69, 9.17) is 0 Å². The van der Waals surface area contributed by atoms with Crippen LogP contribution in [-0.2, 0) is 0 Å². The Bertz CT molecular complexity index is 359. The number of unbranched alkanes of at least 4 members (excludes halogenated alkanes) is 5. The normalized spacial score (nSPS) is 13.9. The molecule has 0 aromatic heterocycles. The lowest BCUT2D eigenvalue weighted by atomic mass is 9.86. The highest BCUT2D eigenvalue weighted by atomic mass is 15.2. The largest absolute Gasteiger partial charge is 0.369 e. The van der Waals surface area contributed by atoms with Gasteiger partial charge in [-0.3, -0.25) is 0 Å². The molecule has 0 saturated heterocycles. The van der Waals surface area contributed by atoms with Gasteiger partial charge in [-0.15, -0.1) is 0 Å². The van der Waals surface area contributed by atoms with Gasteiger partial charge in [0.1, 0.15) is 0 Å². The molecule has 1 rings (SSSR count). The van der Waals surface area contributed by atoms with Crippen LogP contribution in [0.4, 0.5) is 5.69 Å². The third-order valence-electron chi connectivity index (χ3n) is 4.84. The van der Waals surface area contributed by atoms with Crippen LogP contribution in [-0.4, -0.2) is 12.6 Å². The van der Waals surface area contributed by atoms with E-state index < -0.39 is 0 Å². The van der Waals surface area contributed by atoms with Crippen molar-refractivity contribution in [3.8, 4) is 0 Å². The highest BCUT2D eigenvalue weighted by Gasteiger charge is 2.28. The molecule has 0 radical (unpaired) electrons. The number of rotatable bonds is 11. The third kappa shape index (κ3) is 6.11. The van der Waals surface area contributed by atoms with E-state index in [1.807, 2.05) is 0 Å². The molecule has 1 nitrogen and oxygen atoms in total. The van der Waals surface area contributed by atoms with Crippen LogP contribution < -0.4 is 4.90 Å². The van der Waals surface area contributed by atoms with Crippen molar-refractivity contribution in [1.82, 2.24) is 0 Å². The summed E-state index contributed by atoms with van der Waals surface area (Å²) in [4.78, 5) is 2.52. The molecule has 0 spiro atoms. The average molecular weight is 290 g/mol. The van der Waals surface area contributed by atoms with Gasteiger partial charge in [0.05, 0.1) is 0 Å². The summed E-state index contributed by atoms with van der Waals surface area (Å²) in [6.45, 7) is 7.04. The van der Waals surface area contributed by atoms with Crippen molar-refractivity contribution in [3.63, 3.8) is 0 Å². The van der Waals surface area contributed by atoms with Crippen LogP contribution in [0.25, 0.3) is 0 Å². The molecule has 1 atom stereocenters. The SMILES string of the molecule is CCCCCCC(C)(CCCCC)N(C)c1ccccc1. The van der Waals surface area contributed by atoms with Crippen LogP contribution in [0, 0.1) is 0 Å². The summed E-state index contributed by atoms with van der Waals surface area (Å²) < 4.78 is 0. The lowest BCUT2D eigenvalue weighted by molar-refractivity contribution is 0.351. The van der Waals surface area contributed by atoms with Crippen molar-refractivity contribution in [2.24, 2.45) is 0 Å². The summed E-state index contributed by atoms with van der Waals surface area (Å²) in [6.07, 6.45) is 12.0. The van der Waals surface area contributed by atoms with Crippen molar-refractivity contribution < 1.29 is 0 Å². The van der Waals surface area contributed by atoms with Crippen molar-refractivity contribution in [1.29, 1.82) is 0 Å². The minimum Gasteiger partial charge on any atom is -0.369 e. The number of benzene rings is 1. The van der Waals surface area contributed by atoms with E-state index >= 15 is 0 Å². The highest BCUT2D eigenvalue weighted by Crippen LogP contribution is 2.31. The molecule has 0 aliphatic carbocycles. The van der Waals surface area contributed by atoms with Crippen LogP contribution in [0.15, 0.2) is 30.3 Å². The molecule has 1 unspecified atom stereocenters. The second kappa shape index (κ2) is 9.87. The molecule has 120 valence electrons. The maximum Gasteiger partial charge on any atom is 0.0371 e. The lowest BCUT2D eigenvalue weighted by Crippen LogP contribution is -2.44. The van der Waals surface area contributed by atoms with E-state index in [0.29, 0.717) is 5.54 Å². The Morgan fingerprint density at radius 3 is 1.90 bits per heavy atom. The van der Waals surface area contributed by atoms with Crippen LogP contribution in [0.2, 0.25) is 0 Å². The van der Waals surface area contributed by atoms with Gasteiger partial charge in [-0.2, -0.15) is 0 Å². The summed E-state index contributed by atoms with van der Waals surface area (Å²) >= 11 is 0. The first-order valence-corrected chi connectivity index (χ1v) is 8.93. The minimum atomic E-state index is 0.296. The third-order valence-corrected chi connectivity index (χ3v) is 4.84. The van der Waals surface area contributed by atoms with Gasteiger partial charge < -0.3 is 4.90 Å². The van der Waals surface area contributed by atoms with Gasteiger partial charge >= 0.3 is 0 Å². The van der Waals surface area contributed by atoms with Gasteiger partial charge in [0.2, 0.25) is 0 Å². The van der Waals surface area contributed by atoms with Gasteiger partial charge in [-0.1, -0.05) is 77.0 Å². The zero-order valence-electron chi connectivity index (χ0n) is 14.7. The molecule has 0 fully saturated rings. The highest BCUT2D eigenvalue weighted by molar-refractivity contribution is 5.47. The fraction of sp³-hybridized carbons (Fsp3) is 0.700. The Kier molecular flexibility index (Phi) is 8.49. The van der Waals surface area contributed by atoms with Gasteiger partial charge in [0, 0.05) is 18.3 Å². The van der Waals surface area contributed by atoms with E-state index in [9.17, 15) is 0 Å². The quantitative estimate of drug-likeness (QED) is 0.424. The van der Waals surface area contributed by atoms with Gasteiger partial charge in [-0.25, -0.2) is 0 Å². The van der Waals surface area contributed by atoms with E-state index in [-0.39, 0.29) is 0 Å². The molecule has 21 heavy (non-hydrogen) atoms. The van der Waals surface area contributed by atoms with Gasteiger partial charge in [0.15, 0.2) is 0 Å². The standard InChI is InChI=1S/C20H35N/c1-5-7-9-14-18-20(3,17-13-8-6-2)21(4)19-15-11-10-12-16-19/h10-12,15-16H,5-9,13-14,17-18H2,1-4H3. The first-order chi connectivity index (χ1) is 10.1. The summed E-state index contributed by atoms with van der Waals surface area (Å²) in [5.74, 6) is 0. The zero-order valence-corrected chi connectivity index (χ0v) is 14.7. The van der Waals surface area contributed by atoms with E-state index in [2.05, 4.69) is 63.1 Å². The Hall–Kier alpha value is -0.980. The Balaban J connectivity index is 2.69. The molecular weight excluding hydrogens is 254 g/mol. The van der Waals surface area contributed by atoms with Crippen LogP contribution in [0.1, 0.15) is 78.6 Å². The predicted molar refractivity (Wildman–Crippen MR) is 96.2 cm³/mol. The van der Waals surface area contributed by atoms with Crippen LogP contribution in [0.5, 0.6) is 0 Å². The maximum absolute atomic E-state index is 2.52. The first-order valence-electron chi connectivity index (χ1n) is 8.93. The lowest BCUT2D eigenvalue weighted by Gasteiger charge is -2.41. The van der Waals surface area contributed by atoms with E-state index in [0.717, 1.165) is 0 Å². The average Bonchev–Trinajstić information content (AvgIpc) is 2.52. The monoisotopic (exact) mass is 289 g/mol. The molecule has 0 N–H and O–H groups in total. The fourth-order valence-corrected chi connectivity index (χ4v) is 3.11. The Morgan fingerprint density at radius 2 is 1.33 bits per heavy atom. The molecule has 1 aromatic carbocycles. The molecule has 0 aliphatic rings. The number of hydrogen-bond donors (Lipinski definition) is 0. The Labute approximate surface area is 132 Å². The van der Waals surface area contributed by atoms with Crippen LogP contribution >= 0.6 is 0 Å². The first kappa shape index (κ1) is 18.1. The second-order valence-corrected chi connectivity index (χ2v) is 6.66. The number of nitrogens with zero attached hydrogens (tertiary/aromatic N) is 1. The van der Waals surface area contributed by atoms with E-state index in [1.54, 1.807) is 0 Å². The molecule has 0 heterocycles. The summed E-state index contributed by atoms with van der Waals surface area (Å²) in [6, 6.07) is 10.9. The fourth-order valence-electron chi connectivity index (χ4n) is 3.11. The van der Waals surface area contributed by atoms with Crippen LogP contribution in [0.3, 0.4) is 0 Å². The van der Waals surface area contributed by atoms with Crippen molar-refractivity contribution in [2.45, 2.75) is 84.1 Å². The number of anilines is 1. The summed E-state index contributed by atoms with van der Waals surface area (Å²) in [5.41, 5.74) is 1.65. The van der Waals surface area contributed by atoms with Gasteiger partial charge in [-0.05, 0) is 31.9 Å². The van der Waals surface area contributed by atoms with Gasteiger partial charge in [0.25, 0.3) is 0 Å². The van der Waals surface area contributed by atoms with Crippen molar-refractivity contribution >= 4 is 5.69 Å². The second-order valence-electron chi connectivity index (χ2n) is 6.66. The minimum absolute atomic E-state index is 0.296. The molecule has 0 bridgehead atoms. The topological polar surface area (TPSA) is 3.24 Å². The molecule has 0 aliphatic heterocycles.